The molecule has 3 aromatic heterocycles. The molecule has 1 fully saturated rings. The largest absolute Gasteiger partial charge is 0.414 e. The standard InChI is InChI=1S/C34H38FN9O4S/c1-6-44-27(17-20(2)41-44)31(46)36-26-18-21(43-15-13-42(5)14-16-43)11-12-22(26)30(45)37-29-23-19-28(49-32(23)40-39-29)48-33(47)38-34(3,4)24-9-7-8-10-25(24)35/h7-12,17-19H,6,13-16H2,1-5H3,(H,36,46)(H,38,47)(H2,37,39,40,45). The molecule has 1 aliphatic heterocycles. The number of ether oxygens (including phenoxy) is 1. The van der Waals surface area contributed by atoms with Crippen LogP contribution < -0.4 is 25.6 Å². The molecule has 256 valence electrons. The van der Waals surface area contributed by atoms with Crippen molar-refractivity contribution in [2.45, 2.75) is 39.8 Å². The Kier molecular flexibility index (Phi) is 9.39. The predicted molar refractivity (Wildman–Crippen MR) is 187 cm³/mol. The minimum Gasteiger partial charge on any atom is -0.399 e. The molecule has 5 aromatic rings. The lowest BCUT2D eigenvalue weighted by Gasteiger charge is -2.34. The van der Waals surface area contributed by atoms with Crippen LogP contribution in [0.2, 0.25) is 0 Å². The van der Waals surface area contributed by atoms with E-state index in [9.17, 15) is 18.8 Å². The Hall–Kier alpha value is -5.28. The molecule has 0 spiro atoms. The van der Waals surface area contributed by atoms with Crippen molar-refractivity contribution >= 4 is 56.7 Å². The Bertz CT molecular complexity index is 2030. The third-order valence-corrected chi connectivity index (χ3v) is 9.33. The summed E-state index contributed by atoms with van der Waals surface area (Å²) < 4.78 is 21.5. The summed E-state index contributed by atoms with van der Waals surface area (Å²) in [5.41, 5.74) is 1.86. The fourth-order valence-electron chi connectivity index (χ4n) is 5.77. The van der Waals surface area contributed by atoms with Crippen molar-refractivity contribution in [1.29, 1.82) is 0 Å². The third kappa shape index (κ3) is 7.27. The summed E-state index contributed by atoms with van der Waals surface area (Å²) in [4.78, 5) is 45.0. The summed E-state index contributed by atoms with van der Waals surface area (Å²) in [6.07, 6.45) is -0.771. The number of hydrogen-bond donors (Lipinski definition) is 4. The molecule has 2 aromatic carbocycles. The maximum absolute atomic E-state index is 14.4. The van der Waals surface area contributed by atoms with Crippen LogP contribution in [0.1, 0.15) is 52.9 Å². The Morgan fingerprint density at radius 2 is 1.78 bits per heavy atom. The van der Waals surface area contributed by atoms with Gasteiger partial charge in [0.05, 0.1) is 27.9 Å². The fourth-order valence-corrected chi connectivity index (χ4v) is 6.62. The second-order valence-corrected chi connectivity index (χ2v) is 13.4. The van der Waals surface area contributed by atoms with E-state index >= 15 is 0 Å². The van der Waals surface area contributed by atoms with E-state index < -0.39 is 23.4 Å². The first-order chi connectivity index (χ1) is 23.4. The summed E-state index contributed by atoms with van der Waals surface area (Å²) in [5.74, 6) is -1.02. The molecule has 4 heterocycles. The molecule has 13 nitrogen and oxygen atoms in total. The number of carbonyl (C=O) groups is 3. The van der Waals surface area contributed by atoms with Gasteiger partial charge in [0.25, 0.3) is 11.8 Å². The van der Waals surface area contributed by atoms with Gasteiger partial charge >= 0.3 is 6.09 Å². The number of nitrogens with one attached hydrogen (secondary N) is 4. The minimum absolute atomic E-state index is 0.233. The normalized spacial score (nSPS) is 13.8. The van der Waals surface area contributed by atoms with Crippen LogP contribution in [0.3, 0.4) is 0 Å². The first kappa shape index (κ1) is 33.6. The molecule has 0 atom stereocenters. The number of piperazine rings is 1. The molecule has 49 heavy (non-hydrogen) atoms. The monoisotopic (exact) mass is 687 g/mol. The van der Waals surface area contributed by atoms with Crippen LogP contribution in [0, 0.1) is 12.7 Å². The minimum atomic E-state index is -1.04. The molecule has 6 rings (SSSR count). The number of likely N-dealkylation sites (N-methyl/N-ethyl adjacent to an activating group) is 1. The Balaban J connectivity index is 1.21. The molecule has 0 saturated carbocycles. The Labute approximate surface area is 286 Å². The van der Waals surface area contributed by atoms with Gasteiger partial charge in [-0.25, -0.2) is 9.18 Å². The first-order valence-corrected chi connectivity index (χ1v) is 16.7. The highest BCUT2D eigenvalue weighted by molar-refractivity contribution is 7.20. The number of thiophene rings is 1. The van der Waals surface area contributed by atoms with Gasteiger partial charge in [0, 0.05) is 50.0 Å². The van der Waals surface area contributed by atoms with Crippen LogP contribution in [0.25, 0.3) is 10.2 Å². The van der Waals surface area contributed by atoms with Gasteiger partial charge in [-0.05, 0) is 65.1 Å². The van der Waals surface area contributed by atoms with Crippen LogP contribution >= 0.6 is 11.3 Å². The summed E-state index contributed by atoms with van der Waals surface area (Å²) in [6.45, 7) is 11.0. The number of hydrogen-bond acceptors (Lipinski definition) is 9. The van der Waals surface area contributed by atoms with Gasteiger partial charge in [-0.2, -0.15) is 10.2 Å². The number of amides is 3. The number of aromatic amines is 1. The maximum Gasteiger partial charge on any atom is 0.414 e. The SMILES string of the molecule is CCn1nc(C)cc1C(=O)Nc1cc(N2CCN(C)CC2)ccc1C(=O)Nc1[nH]nc2sc(OC(=O)NC(C)(C)c3ccccc3F)cc12. The molecular formula is C34H38FN9O4S. The van der Waals surface area contributed by atoms with Crippen LogP contribution in [0.5, 0.6) is 5.06 Å². The molecule has 4 N–H and O–H groups in total. The van der Waals surface area contributed by atoms with Crippen LogP contribution in [0.15, 0.2) is 54.6 Å². The second-order valence-electron chi connectivity index (χ2n) is 12.4. The van der Waals surface area contributed by atoms with Gasteiger partial charge < -0.3 is 30.5 Å². The number of benzene rings is 2. The van der Waals surface area contributed by atoms with Crippen molar-refractivity contribution in [3.63, 3.8) is 0 Å². The average Bonchev–Trinajstić information content (AvgIpc) is 3.75. The lowest BCUT2D eigenvalue weighted by molar-refractivity contribution is 0.101. The topological polar surface area (TPSA) is 150 Å². The quantitative estimate of drug-likeness (QED) is 0.157. The van der Waals surface area contributed by atoms with E-state index in [2.05, 4.69) is 48.1 Å². The number of fused-ring (bicyclic) bond motifs is 1. The number of anilines is 3. The second kappa shape index (κ2) is 13.7. The van der Waals surface area contributed by atoms with E-state index in [0.717, 1.165) is 43.2 Å². The van der Waals surface area contributed by atoms with Crippen molar-refractivity contribution in [2.24, 2.45) is 0 Å². The van der Waals surface area contributed by atoms with Crippen LogP contribution in [-0.2, 0) is 12.1 Å². The van der Waals surface area contributed by atoms with Crippen LogP contribution in [-0.4, -0.2) is 76.0 Å². The van der Waals surface area contributed by atoms with E-state index in [4.69, 9.17) is 4.74 Å². The number of nitrogens with zero attached hydrogens (tertiary/aromatic N) is 5. The van der Waals surface area contributed by atoms with Gasteiger partial charge in [-0.3, -0.25) is 19.4 Å². The van der Waals surface area contributed by atoms with Gasteiger partial charge in [0.1, 0.15) is 17.3 Å². The van der Waals surface area contributed by atoms with Crippen LogP contribution in [0.4, 0.5) is 26.4 Å². The molecule has 1 aliphatic rings. The average molecular weight is 688 g/mol. The van der Waals surface area contributed by atoms with Crippen molar-refractivity contribution in [3.8, 4) is 5.06 Å². The summed E-state index contributed by atoms with van der Waals surface area (Å²) in [7, 11) is 2.08. The molecule has 1 saturated heterocycles. The summed E-state index contributed by atoms with van der Waals surface area (Å²) in [6, 6.07) is 14.9. The smallest absolute Gasteiger partial charge is 0.399 e. The highest BCUT2D eigenvalue weighted by atomic mass is 32.1. The van der Waals surface area contributed by atoms with Crippen molar-refractivity contribution in [2.75, 3.05) is 48.8 Å². The first-order valence-electron chi connectivity index (χ1n) is 15.9. The molecule has 15 heteroatoms. The molecule has 0 aliphatic carbocycles. The zero-order valence-electron chi connectivity index (χ0n) is 27.9. The Morgan fingerprint density at radius 3 is 2.51 bits per heavy atom. The highest BCUT2D eigenvalue weighted by Gasteiger charge is 2.28. The molecular weight excluding hydrogens is 649 g/mol. The van der Waals surface area contributed by atoms with Crippen molar-refractivity contribution in [3.05, 3.63) is 82.9 Å². The zero-order valence-corrected chi connectivity index (χ0v) is 28.7. The summed E-state index contributed by atoms with van der Waals surface area (Å²) in [5, 5.41) is 20.8. The Morgan fingerprint density at radius 1 is 1.02 bits per heavy atom. The number of rotatable bonds is 9. The predicted octanol–water partition coefficient (Wildman–Crippen LogP) is 5.57. The molecule has 0 radical (unpaired) electrons. The van der Waals surface area contributed by atoms with Crippen molar-refractivity contribution in [1.82, 2.24) is 30.2 Å². The third-order valence-electron chi connectivity index (χ3n) is 8.42. The van der Waals surface area contributed by atoms with Gasteiger partial charge in [0.2, 0.25) is 0 Å². The van der Waals surface area contributed by atoms with E-state index in [1.807, 2.05) is 26.0 Å². The maximum atomic E-state index is 14.4. The van der Waals surface area contributed by atoms with E-state index in [-0.39, 0.29) is 16.5 Å². The van der Waals surface area contributed by atoms with Crippen molar-refractivity contribution < 1.29 is 23.5 Å². The van der Waals surface area contributed by atoms with Gasteiger partial charge in [-0.15, -0.1) is 0 Å². The number of aromatic nitrogens is 4. The number of aryl methyl sites for hydroxylation is 2. The fraction of sp³-hybridized carbons (Fsp3) is 0.324. The number of H-pyrrole nitrogens is 1. The highest BCUT2D eigenvalue weighted by Crippen LogP contribution is 2.35. The zero-order chi connectivity index (χ0) is 34.9. The molecule has 3 amide bonds. The van der Waals surface area contributed by atoms with Gasteiger partial charge in [-0.1, -0.05) is 29.5 Å². The molecule has 0 unspecified atom stereocenters. The molecule has 0 bridgehead atoms. The van der Waals surface area contributed by atoms with E-state index in [0.29, 0.717) is 45.2 Å². The lowest BCUT2D eigenvalue weighted by atomic mass is 9.94. The number of carbonyl (C=O) groups excluding carboxylic acids is 3. The van der Waals surface area contributed by atoms with Gasteiger partial charge in [0.15, 0.2) is 9.89 Å². The number of halogens is 1. The summed E-state index contributed by atoms with van der Waals surface area (Å²) >= 11 is 1.10. The van der Waals surface area contributed by atoms with E-state index in [1.54, 1.807) is 54.9 Å². The van der Waals surface area contributed by atoms with E-state index in [1.165, 1.54) is 6.07 Å². The lowest BCUT2D eigenvalue weighted by Crippen LogP contribution is -2.44.